The number of rotatable bonds is 6. The first-order valence-electron chi connectivity index (χ1n) is 21.6. The van der Waals surface area contributed by atoms with Gasteiger partial charge < -0.3 is 9.64 Å². The first-order valence-corrected chi connectivity index (χ1v) is 23.6. The Morgan fingerprint density at radius 1 is 0.419 bits per heavy atom. The monoisotopic (exact) mass is 809 g/mol. The van der Waals surface area contributed by atoms with E-state index in [1.165, 1.54) is 81.4 Å². The highest BCUT2D eigenvalue weighted by molar-refractivity contribution is 7.20. The van der Waals surface area contributed by atoms with Crippen LogP contribution >= 0.6 is 0 Å². The van der Waals surface area contributed by atoms with Crippen LogP contribution in [-0.4, -0.2) is 8.07 Å². The maximum Gasteiger partial charge on any atom is 0.188 e. The number of hydrogen-bond donors (Lipinski definition) is 0. The molecule has 0 unspecified atom stereocenters. The van der Waals surface area contributed by atoms with Crippen LogP contribution in [0.3, 0.4) is 0 Å². The van der Waals surface area contributed by atoms with Crippen molar-refractivity contribution < 1.29 is 4.74 Å². The standard InChI is InChI=1S/C59H43NOSi/c1-59(2)50-36-35-42(60(41-23-9-4-10-24-41)57-47-31-17-15-29-45(47)55(40-21-7-3-8-22-40)46-30-16-18-32-48(46)57)39-49(50)56-51(59)37-38-54-58(56)61-52-33-19-20-34-53(52)62(54,43-25-11-5-12-26-43)44-27-13-6-14-28-44/h3-39H,1-2H3. The van der Waals surface area contributed by atoms with Crippen LogP contribution in [0.25, 0.3) is 43.8 Å². The van der Waals surface area contributed by atoms with Gasteiger partial charge in [0.15, 0.2) is 8.07 Å². The molecule has 0 amide bonds. The molecule has 0 bridgehead atoms. The Hall–Kier alpha value is -7.46. The van der Waals surface area contributed by atoms with Gasteiger partial charge >= 0.3 is 0 Å². The molecule has 62 heavy (non-hydrogen) atoms. The molecule has 0 radical (unpaired) electrons. The lowest BCUT2D eigenvalue weighted by atomic mass is 9.82. The molecule has 10 aromatic rings. The summed E-state index contributed by atoms with van der Waals surface area (Å²) in [7, 11) is -2.86. The fourth-order valence-corrected chi connectivity index (χ4v) is 15.8. The number of nitrogens with zero attached hydrogens (tertiary/aromatic N) is 1. The van der Waals surface area contributed by atoms with Gasteiger partial charge in [-0.1, -0.05) is 208 Å². The zero-order valence-corrected chi connectivity index (χ0v) is 35.7. The summed E-state index contributed by atoms with van der Waals surface area (Å²) >= 11 is 0. The molecule has 10 aromatic carbocycles. The summed E-state index contributed by atoms with van der Waals surface area (Å²) < 4.78 is 7.33. The van der Waals surface area contributed by atoms with Crippen molar-refractivity contribution in [1.29, 1.82) is 0 Å². The van der Waals surface area contributed by atoms with Gasteiger partial charge in [0, 0.05) is 33.1 Å². The summed E-state index contributed by atoms with van der Waals surface area (Å²) in [6.07, 6.45) is 0. The first-order chi connectivity index (χ1) is 30.5. The molecule has 294 valence electrons. The number of para-hydroxylation sites is 2. The third-order valence-corrected chi connectivity index (χ3v) is 18.4. The van der Waals surface area contributed by atoms with Crippen LogP contribution in [0.4, 0.5) is 17.1 Å². The van der Waals surface area contributed by atoms with Crippen molar-refractivity contribution in [3.05, 3.63) is 236 Å². The third kappa shape index (κ3) is 5.22. The average molecular weight is 810 g/mol. The van der Waals surface area contributed by atoms with Crippen molar-refractivity contribution in [2.45, 2.75) is 19.3 Å². The molecule has 0 fully saturated rings. The van der Waals surface area contributed by atoms with E-state index in [0.29, 0.717) is 0 Å². The summed E-state index contributed by atoms with van der Waals surface area (Å²) in [5.74, 6) is 1.93. The van der Waals surface area contributed by atoms with Gasteiger partial charge in [0.05, 0.1) is 5.69 Å². The van der Waals surface area contributed by atoms with Gasteiger partial charge in [0.25, 0.3) is 0 Å². The lowest BCUT2D eigenvalue weighted by molar-refractivity contribution is 0.488. The van der Waals surface area contributed by atoms with E-state index in [2.05, 4.69) is 243 Å². The van der Waals surface area contributed by atoms with Gasteiger partial charge in [0.1, 0.15) is 11.5 Å². The topological polar surface area (TPSA) is 12.5 Å². The number of hydrogen-bond acceptors (Lipinski definition) is 2. The molecule has 0 saturated heterocycles. The van der Waals surface area contributed by atoms with Gasteiger partial charge in [-0.2, -0.15) is 0 Å². The normalized spacial score (nSPS) is 14.0. The van der Waals surface area contributed by atoms with Crippen molar-refractivity contribution in [3.63, 3.8) is 0 Å². The van der Waals surface area contributed by atoms with Crippen molar-refractivity contribution in [3.8, 4) is 33.8 Å². The minimum absolute atomic E-state index is 0.253. The Morgan fingerprint density at radius 3 is 1.56 bits per heavy atom. The zero-order chi connectivity index (χ0) is 41.4. The molecule has 0 saturated carbocycles. The summed E-state index contributed by atoms with van der Waals surface area (Å²) in [6.45, 7) is 4.75. The van der Waals surface area contributed by atoms with Gasteiger partial charge in [-0.15, -0.1) is 0 Å². The van der Waals surface area contributed by atoms with Crippen LogP contribution < -0.4 is 30.4 Å². The number of fused-ring (bicyclic) bond motifs is 8. The molecule has 3 heteroatoms. The Balaban J connectivity index is 1.15. The van der Waals surface area contributed by atoms with Crippen molar-refractivity contribution >= 4 is 67.4 Å². The second kappa shape index (κ2) is 14.1. The van der Waals surface area contributed by atoms with E-state index in [1.807, 2.05) is 0 Å². The fraction of sp³-hybridized carbons (Fsp3) is 0.0508. The molecule has 1 aliphatic heterocycles. The predicted molar refractivity (Wildman–Crippen MR) is 263 cm³/mol. The molecule has 0 atom stereocenters. The molecular formula is C59H43NOSi. The van der Waals surface area contributed by atoms with Crippen LogP contribution in [0.1, 0.15) is 25.0 Å². The highest BCUT2D eigenvalue weighted by Crippen LogP contribution is 2.56. The molecule has 0 N–H and O–H groups in total. The highest BCUT2D eigenvalue weighted by Gasteiger charge is 2.50. The maximum atomic E-state index is 7.33. The van der Waals surface area contributed by atoms with E-state index in [-0.39, 0.29) is 5.41 Å². The number of anilines is 3. The van der Waals surface area contributed by atoms with E-state index in [1.54, 1.807) is 0 Å². The summed E-state index contributed by atoms with van der Waals surface area (Å²) in [5.41, 5.74) is 10.6. The molecular weight excluding hydrogens is 767 g/mol. The van der Waals surface area contributed by atoms with Crippen molar-refractivity contribution in [2.75, 3.05) is 4.90 Å². The van der Waals surface area contributed by atoms with Gasteiger partial charge in [0.2, 0.25) is 0 Å². The minimum atomic E-state index is -2.86. The first kappa shape index (κ1) is 36.4. The molecule has 0 spiro atoms. The second-order valence-corrected chi connectivity index (χ2v) is 20.9. The van der Waals surface area contributed by atoms with E-state index in [4.69, 9.17) is 4.74 Å². The van der Waals surface area contributed by atoms with E-state index < -0.39 is 8.07 Å². The fourth-order valence-electron chi connectivity index (χ4n) is 10.9. The largest absolute Gasteiger partial charge is 0.457 e. The summed E-state index contributed by atoms with van der Waals surface area (Å²) in [4.78, 5) is 2.49. The van der Waals surface area contributed by atoms with E-state index in [9.17, 15) is 0 Å². The zero-order valence-electron chi connectivity index (χ0n) is 34.7. The number of benzene rings is 10. The predicted octanol–water partition coefficient (Wildman–Crippen LogP) is 12.9. The average Bonchev–Trinajstić information content (AvgIpc) is 3.57. The second-order valence-electron chi connectivity index (χ2n) is 17.2. The molecule has 2 nitrogen and oxygen atoms in total. The smallest absolute Gasteiger partial charge is 0.188 e. The molecule has 0 aromatic heterocycles. The molecule has 2 aliphatic rings. The van der Waals surface area contributed by atoms with Crippen LogP contribution in [0.15, 0.2) is 224 Å². The highest BCUT2D eigenvalue weighted by atomic mass is 28.3. The van der Waals surface area contributed by atoms with Crippen molar-refractivity contribution in [2.24, 2.45) is 0 Å². The Labute approximate surface area is 364 Å². The van der Waals surface area contributed by atoms with Gasteiger partial charge in [-0.05, 0) is 89.7 Å². The molecule has 12 rings (SSSR count). The van der Waals surface area contributed by atoms with Crippen LogP contribution in [0.5, 0.6) is 11.5 Å². The summed E-state index contributed by atoms with van der Waals surface area (Å²) in [5, 5.41) is 10.1. The molecule has 1 aliphatic carbocycles. The van der Waals surface area contributed by atoms with Gasteiger partial charge in [-0.25, -0.2) is 0 Å². The van der Waals surface area contributed by atoms with E-state index in [0.717, 1.165) is 22.9 Å². The number of ether oxygens (including phenoxy) is 1. The quantitative estimate of drug-likeness (QED) is 0.123. The Morgan fingerprint density at radius 2 is 0.935 bits per heavy atom. The van der Waals surface area contributed by atoms with E-state index >= 15 is 0 Å². The summed E-state index contributed by atoms with van der Waals surface area (Å²) in [6, 6.07) is 82.7. The van der Waals surface area contributed by atoms with Crippen LogP contribution in [0, 0.1) is 0 Å². The van der Waals surface area contributed by atoms with Crippen molar-refractivity contribution in [1.82, 2.24) is 0 Å². The Bertz CT molecular complexity index is 3250. The third-order valence-electron chi connectivity index (χ3n) is 13.6. The minimum Gasteiger partial charge on any atom is -0.457 e. The SMILES string of the molecule is CC1(C)c2ccc(N(c3ccccc3)c3c4ccccc4c(-c4ccccc4)c4ccccc34)cc2-c2c1ccc1c2Oc2ccccc2[Si]1(c1ccccc1)c1ccccc1. The van der Waals surface area contributed by atoms with Crippen LogP contribution in [0.2, 0.25) is 0 Å². The lowest BCUT2D eigenvalue weighted by Crippen LogP contribution is -2.76. The lowest BCUT2D eigenvalue weighted by Gasteiger charge is -2.40. The van der Waals surface area contributed by atoms with Gasteiger partial charge in [-0.3, -0.25) is 0 Å². The Kier molecular flexibility index (Phi) is 8.25. The maximum absolute atomic E-state index is 7.33. The van der Waals surface area contributed by atoms with Crippen LogP contribution in [-0.2, 0) is 5.41 Å². The molecule has 1 heterocycles.